The highest BCUT2D eigenvalue weighted by Gasteiger charge is 2.20. The summed E-state index contributed by atoms with van der Waals surface area (Å²) in [5.74, 6) is -0.740. The van der Waals surface area contributed by atoms with Gasteiger partial charge in [-0.1, -0.05) is 54.6 Å². The van der Waals surface area contributed by atoms with Crippen LogP contribution < -0.4 is 5.32 Å². The van der Waals surface area contributed by atoms with E-state index in [9.17, 15) is 9.59 Å². The number of nitrogens with one attached hydrogen (secondary N) is 1. The number of carbonyl (C=O) groups excluding carboxylic acids is 2. The first kappa shape index (κ1) is 19.5. The van der Waals surface area contributed by atoms with Gasteiger partial charge in [0.05, 0.1) is 12.2 Å². The second-order valence-corrected chi connectivity index (χ2v) is 7.34. The summed E-state index contributed by atoms with van der Waals surface area (Å²) in [5, 5.41) is 8.96. The van der Waals surface area contributed by atoms with Crippen LogP contribution >= 0.6 is 11.3 Å². The molecule has 4 rings (SSSR count). The normalized spacial score (nSPS) is 10.5. The molecule has 4 aromatic rings. The van der Waals surface area contributed by atoms with Gasteiger partial charge in [-0.25, -0.2) is 14.5 Å². The molecule has 0 aliphatic rings. The summed E-state index contributed by atoms with van der Waals surface area (Å²) in [7, 11) is 0. The quantitative estimate of drug-likeness (QED) is 0.465. The van der Waals surface area contributed by atoms with Crippen LogP contribution in [0.25, 0.3) is 17.1 Å². The number of para-hydroxylation sites is 1. The second-order valence-electron chi connectivity index (χ2n) is 6.30. The van der Waals surface area contributed by atoms with Gasteiger partial charge < -0.3 is 10.1 Å². The fourth-order valence-corrected chi connectivity index (χ4v) is 3.41. The SMILES string of the molecule is O=C(COC(=O)c1nc(-c2ccccc2)n(-c2ccccc2)n1)NCc1cccs1. The summed E-state index contributed by atoms with van der Waals surface area (Å²) in [6, 6.07) is 22.7. The van der Waals surface area contributed by atoms with Crippen LogP contribution in [-0.4, -0.2) is 33.2 Å². The number of thiophene rings is 1. The molecule has 0 radical (unpaired) electrons. The molecule has 7 nitrogen and oxygen atoms in total. The molecular weight excluding hydrogens is 400 g/mol. The maximum absolute atomic E-state index is 12.5. The van der Waals surface area contributed by atoms with Crippen LogP contribution in [-0.2, 0) is 16.1 Å². The molecule has 0 aliphatic carbocycles. The van der Waals surface area contributed by atoms with Gasteiger partial charge >= 0.3 is 5.97 Å². The van der Waals surface area contributed by atoms with Crippen LogP contribution in [0.2, 0.25) is 0 Å². The van der Waals surface area contributed by atoms with Crippen LogP contribution in [0.5, 0.6) is 0 Å². The van der Waals surface area contributed by atoms with Crippen molar-refractivity contribution in [1.82, 2.24) is 20.1 Å². The van der Waals surface area contributed by atoms with Crippen LogP contribution in [0.15, 0.2) is 78.2 Å². The summed E-state index contributed by atoms with van der Waals surface area (Å²) in [6.45, 7) is -0.00214. The Morgan fingerprint density at radius 1 is 0.967 bits per heavy atom. The van der Waals surface area contributed by atoms with Crippen molar-refractivity contribution in [2.24, 2.45) is 0 Å². The molecule has 30 heavy (non-hydrogen) atoms. The molecule has 2 heterocycles. The maximum Gasteiger partial charge on any atom is 0.378 e. The van der Waals surface area contributed by atoms with E-state index in [0.717, 1.165) is 16.1 Å². The van der Waals surface area contributed by atoms with Gasteiger partial charge in [0.2, 0.25) is 0 Å². The van der Waals surface area contributed by atoms with Crippen LogP contribution in [0.4, 0.5) is 0 Å². The first-order valence-electron chi connectivity index (χ1n) is 9.25. The molecule has 150 valence electrons. The average molecular weight is 418 g/mol. The summed E-state index contributed by atoms with van der Waals surface area (Å²) in [5.41, 5.74) is 1.57. The van der Waals surface area contributed by atoms with E-state index in [2.05, 4.69) is 15.4 Å². The lowest BCUT2D eigenvalue weighted by atomic mass is 10.2. The first-order chi connectivity index (χ1) is 14.7. The number of amides is 1. The smallest absolute Gasteiger partial charge is 0.378 e. The third kappa shape index (κ3) is 4.61. The maximum atomic E-state index is 12.5. The monoisotopic (exact) mass is 418 g/mol. The van der Waals surface area contributed by atoms with Gasteiger partial charge in [0.25, 0.3) is 11.7 Å². The Hall–Kier alpha value is -3.78. The highest BCUT2D eigenvalue weighted by molar-refractivity contribution is 7.09. The molecule has 1 N–H and O–H groups in total. The zero-order chi connectivity index (χ0) is 20.8. The molecule has 0 atom stereocenters. The number of hydrogen-bond acceptors (Lipinski definition) is 6. The Kier molecular flexibility index (Phi) is 5.95. The minimum absolute atomic E-state index is 0.108. The van der Waals surface area contributed by atoms with Crippen molar-refractivity contribution in [3.05, 3.63) is 88.9 Å². The summed E-state index contributed by atoms with van der Waals surface area (Å²) < 4.78 is 6.70. The lowest BCUT2D eigenvalue weighted by Crippen LogP contribution is -2.28. The molecule has 0 unspecified atom stereocenters. The molecular formula is C22H18N4O3S. The van der Waals surface area contributed by atoms with E-state index in [-0.39, 0.29) is 11.7 Å². The van der Waals surface area contributed by atoms with Gasteiger partial charge in [-0.15, -0.1) is 16.4 Å². The minimum atomic E-state index is -0.756. The predicted molar refractivity (Wildman–Crippen MR) is 113 cm³/mol. The number of carbonyl (C=O) groups is 2. The lowest BCUT2D eigenvalue weighted by molar-refractivity contribution is -0.124. The Balaban J connectivity index is 1.49. The van der Waals surface area contributed by atoms with Gasteiger partial charge in [-0.3, -0.25) is 4.79 Å². The van der Waals surface area contributed by atoms with Gasteiger partial charge in [0.15, 0.2) is 12.4 Å². The average Bonchev–Trinajstić information content (AvgIpc) is 3.47. The molecule has 2 aromatic carbocycles. The third-order valence-corrected chi connectivity index (χ3v) is 5.07. The van der Waals surface area contributed by atoms with E-state index < -0.39 is 12.6 Å². The fourth-order valence-electron chi connectivity index (χ4n) is 2.77. The van der Waals surface area contributed by atoms with Gasteiger partial charge in [-0.05, 0) is 23.6 Å². The van der Waals surface area contributed by atoms with E-state index >= 15 is 0 Å². The highest BCUT2D eigenvalue weighted by Crippen LogP contribution is 2.21. The van der Waals surface area contributed by atoms with E-state index in [1.165, 1.54) is 0 Å². The number of aromatic nitrogens is 3. The van der Waals surface area contributed by atoms with E-state index in [4.69, 9.17) is 4.74 Å². The standard InChI is InChI=1S/C22H18N4O3S/c27-19(23-14-18-12-7-13-30-18)15-29-22(28)20-24-21(16-8-3-1-4-9-16)26(25-20)17-10-5-2-6-11-17/h1-13H,14-15H2,(H,23,27). The van der Waals surface area contributed by atoms with Crippen molar-refractivity contribution in [2.75, 3.05) is 6.61 Å². The van der Waals surface area contributed by atoms with Crippen LogP contribution in [0, 0.1) is 0 Å². The molecule has 0 saturated heterocycles. The number of ether oxygens (including phenoxy) is 1. The molecule has 0 aliphatic heterocycles. The van der Waals surface area contributed by atoms with E-state index in [1.807, 2.05) is 78.2 Å². The molecule has 0 bridgehead atoms. The number of esters is 1. The van der Waals surface area contributed by atoms with Crippen molar-refractivity contribution in [2.45, 2.75) is 6.54 Å². The Morgan fingerprint density at radius 2 is 1.70 bits per heavy atom. The summed E-state index contributed by atoms with van der Waals surface area (Å²) >= 11 is 1.54. The molecule has 0 saturated carbocycles. The predicted octanol–water partition coefficient (Wildman–Crippen LogP) is 3.47. The zero-order valence-electron chi connectivity index (χ0n) is 15.9. The largest absolute Gasteiger partial charge is 0.450 e. The van der Waals surface area contributed by atoms with Crippen molar-refractivity contribution in [1.29, 1.82) is 0 Å². The number of nitrogens with zero attached hydrogens (tertiary/aromatic N) is 3. The lowest BCUT2D eigenvalue weighted by Gasteiger charge is -2.05. The molecule has 0 fully saturated rings. The van der Waals surface area contributed by atoms with Gasteiger partial charge in [-0.2, -0.15) is 0 Å². The molecule has 2 aromatic heterocycles. The van der Waals surface area contributed by atoms with Crippen molar-refractivity contribution >= 4 is 23.2 Å². The Morgan fingerprint density at radius 3 is 2.40 bits per heavy atom. The zero-order valence-corrected chi connectivity index (χ0v) is 16.7. The molecule has 8 heteroatoms. The van der Waals surface area contributed by atoms with E-state index in [1.54, 1.807) is 16.0 Å². The third-order valence-electron chi connectivity index (χ3n) is 4.20. The number of rotatable bonds is 7. The summed E-state index contributed by atoms with van der Waals surface area (Å²) in [4.78, 5) is 29.8. The molecule has 1 amide bonds. The van der Waals surface area contributed by atoms with Crippen LogP contribution in [0.1, 0.15) is 15.5 Å². The number of hydrogen-bond donors (Lipinski definition) is 1. The second kappa shape index (κ2) is 9.15. The minimum Gasteiger partial charge on any atom is -0.450 e. The summed E-state index contributed by atoms with van der Waals surface area (Å²) in [6.07, 6.45) is 0. The van der Waals surface area contributed by atoms with Gasteiger partial charge in [0, 0.05) is 10.4 Å². The molecule has 0 spiro atoms. The highest BCUT2D eigenvalue weighted by atomic mass is 32.1. The Labute approximate surface area is 177 Å². The van der Waals surface area contributed by atoms with Gasteiger partial charge in [0.1, 0.15) is 0 Å². The first-order valence-corrected chi connectivity index (χ1v) is 10.1. The van der Waals surface area contributed by atoms with Crippen molar-refractivity contribution in [3.8, 4) is 17.1 Å². The van der Waals surface area contributed by atoms with Crippen molar-refractivity contribution in [3.63, 3.8) is 0 Å². The van der Waals surface area contributed by atoms with E-state index in [0.29, 0.717) is 12.4 Å². The van der Waals surface area contributed by atoms with Crippen molar-refractivity contribution < 1.29 is 14.3 Å². The topological polar surface area (TPSA) is 86.1 Å². The Bertz CT molecular complexity index is 1070. The number of benzene rings is 2. The fraction of sp³-hybridized carbons (Fsp3) is 0.0909. The van der Waals surface area contributed by atoms with Crippen LogP contribution in [0.3, 0.4) is 0 Å².